The maximum absolute atomic E-state index is 12.0. The van der Waals surface area contributed by atoms with Crippen molar-refractivity contribution in [2.45, 2.75) is 20.4 Å². The van der Waals surface area contributed by atoms with E-state index in [0.717, 1.165) is 10.0 Å². The van der Waals surface area contributed by atoms with Gasteiger partial charge in [0.2, 0.25) is 0 Å². The first-order chi connectivity index (χ1) is 7.90. The second kappa shape index (κ2) is 4.59. The highest BCUT2D eigenvalue weighted by Crippen LogP contribution is 2.30. The molecular formula is C12H13BrClNO2. The first-order valence-electron chi connectivity index (χ1n) is 5.29. The molecule has 1 aromatic carbocycles. The molecule has 0 aromatic heterocycles. The van der Waals surface area contributed by atoms with E-state index >= 15 is 0 Å². The minimum Gasteiger partial charge on any atom is -0.272 e. The molecule has 0 aliphatic carbocycles. The van der Waals surface area contributed by atoms with Gasteiger partial charge in [-0.2, -0.15) is 0 Å². The van der Waals surface area contributed by atoms with Gasteiger partial charge < -0.3 is 0 Å². The fourth-order valence-electron chi connectivity index (χ4n) is 1.62. The molecule has 0 unspecified atom stereocenters. The van der Waals surface area contributed by atoms with E-state index in [2.05, 4.69) is 15.9 Å². The number of rotatable bonds is 2. The van der Waals surface area contributed by atoms with Crippen LogP contribution in [-0.2, 0) is 16.2 Å². The Bertz CT molecular complexity index is 462. The number of benzene rings is 1. The SMILES string of the molecule is CC1(C)CON(Cc2ccc(Cl)cc2Br)C1=O. The molecule has 17 heavy (non-hydrogen) atoms. The Morgan fingerprint density at radius 3 is 2.76 bits per heavy atom. The van der Waals surface area contributed by atoms with Crippen LogP contribution in [-0.4, -0.2) is 17.6 Å². The highest BCUT2D eigenvalue weighted by atomic mass is 79.9. The fraction of sp³-hybridized carbons (Fsp3) is 0.417. The summed E-state index contributed by atoms with van der Waals surface area (Å²) in [6.45, 7) is 4.62. The number of halogens is 2. The minimum absolute atomic E-state index is 0.0133. The third-order valence-corrected chi connectivity index (χ3v) is 3.69. The first-order valence-corrected chi connectivity index (χ1v) is 6.46. The minimum atomic E-state index is -0.432. The lowest BCUT2D eigenvalue weighted by atomic mass is 9.95. The Morgan fingerprint density at radius 1 is 1.53 bits per heavy atom. The van der Waals surface area contributed by atoms with E-state index in [1.807, 2.05) is 26.0 Å². The molecule has 1 amide bonds. The number of hydrogen-bond acceptors (Lipinski definition) is 2. The van der Waals surface area contributed by atoms with Gasteiger partial charge in [-0.3, -0.25) is 9.63 Å². The molecule has 1 heterocycles. The lowest BCUT2D eigenvalue weighted by molar-refractivity contribution is -0.165. The van der Waals surface area contributed by atoms with Crippen LogP contribution in [0.25, 0.3) is 0 Å². The van der Waals surface area contributed by atoms with Crippen molar-refractivity contribution < 1.29 is 9.63 Å². The average Bonchev–Trinajstić information content (AvgIpc) is 2.49. The molecule has 0 N–H and O–H groups in total. The third-order valence-electron chi connectivity index (χ3n) is 2.72. The number of amides is 1. The largest absolute Gasteiger partial charge is 0.272 e. The highest BCUT2D eigenvalue weighted by Gasteiger charge is 2.40. The van der Waals surface area contributed by atoms with E-state index in [4.69, 9.17) is 16.4 Å². The van der Waals surface area contributed by atoms with Crippen molar-refractivity contribution in [2.24, 2.45) is 5.41 Å². The molecule has 0 saturated carbocycles. The Morgan fingerprint density at radius 2 is 2.24 bits per heavy atom. The van der Waals surface area contributed by atoms with Crippen LogP contribution in [0.4, 0.5) is 0 Å². The molecule has 0 radical (unpaired) electrons. The summed E-state index contributed by atoms with van der Waals surface area (Å²) in [7, 11) is 0. The molecule has 1 fully saturated rings. The molecule has 5 heteroatoms. The van der Waals surface area contributed by atoms with Gasteiger partial charge in [0.05, 0.1) is 18.6 Å². The van der Waals surface area contributed by atoms with Crippen molar-refractivity contribution in [3.05, 3.63) is 33.3 Å². The molecule has 92 valence electrons. The second-order valence-corrected chi connectivity index (χ2v) is 6.03. The molecule has 0 spiro atoms. The lowest BCUT2D eigenvalue weighted by Crippen LogP contribution is -2.30. The zero-order valence-corrected chi connectivity index (χ0v) is 12.0. The van der Waals surface area contributed by atoms with Gasteiger partial charge in [0.1, 0.15) is 0 Å². The van der Waals surface area contributed by atoms with Gasteiger partial charge in [-0.05, 0) is 31.5 Å². The van der Waals surface area contributed by atoms with Gasteiger partial charge in [-0.15, -0.1) is 0 Å². The van der Waals surface area contributed by atoms with Crippen LogP contribution >= 0.6 is 27.5 Å². The number of nitrogens with zero attached hydrogens (tertiary/aromatic N) is 1. The molecular weight excluding hydrogens is 305 g/mol. The monoisotopic (exact) mass is 317 g/mol. The normalized spacial score (nSPS) is 18.8. The van der Waals surface area contributed by atoms with Crippen molar-refractivity contribution >= 4 is 33.4 Å². The van der Waals surface area contributed by atoms with Crippen LogP contribution in [0.2, 0.25) is 5.02 Å². The quantitative estimate of drug-likeness (QED) is 0.836. The van der Waals surface area contributed by atoms with Crippen molar-refractivity contribution in [2.75, 3.05) is 6.61 Å². The van der Waals surface area contributed by atoms with Crippen LogP contribution in [0.1, 0.15) is 19.4 Å². The van der Waals surface area contributed by atoms with Crippen LogP contribution in [0.5, 0.6) is 0 Å². The first kappa shape index (κ1) is 12.9. The topological polar surface area (TPSA) is 29.5 Å². The smallest absolute Gasteiger partial charge is 0.254 e. The number of carbonyl (C=O) groups is 1. The number of hydrogen-bond donors (Lipinski definition) is 0. The summed E-state index contributed by atoms with van der Waals surface area (Å²) < 4.78 is 0.881. The average molecular weight is 319 g/mol. The third kappa shape index (κ3) is 2.64. The van der Waals surface area contributed by atoms with Crippen LogP contribution in [0.3, 0.4) is 0 Å². The Labute approximate surface area is 114 Å². The maximum atomic E-state index is 12.0. The summed E-state index contributed by atoms with van der Waals surface area (Å²) >= 11 is 9.29. The van der Waals surface area contributed by atoms with E-state index in [0.29, 0.717) is 18.2 Å². The van der Waals surface area contributed by atoms with Gasteiger partial charge in [-0.1, -0.05) is 33.6 Å². The summed E-state index contributed by atoms with van der Waals surface area (Å²) in [6, 6.07) is 5.49. The summed E-state index contributed by atoms with van der Waals surface area (Å²) in [6.07, 6.45) is 0. The predicted octanol–water partition coefficient (Wildman–Crippen LogP) is 3.40. The van der Waals surface area contributed by atoms with Crippen LogP contribution < -0.4 is 0 Å². The summed E-state index contributed by atoms with van der Waals surface area (Å²) in [5.41, 5.74) is 0.541. The van der Waals surface area contributed by atoms with E-state index in [9.17, 15) is 4.79 Å². The van der Waals surface area contributed by atoms with Gasteiger partial charge in [0.25, 0.3) is 5.91 Å². The van der Waals surface area contributed by atoms with Crippen molar-refractivity contribution in [1.29, 1.82) is 0 Å². The second-order valence-electron chi connectivity index (χ2n) is 4.73. The van der Waals surface area contributed by atoms with Crippen molar-refractivity contribution in [3.8, 4) is 0 Å². The van der Waals surface area contributed by atoms with E-state index in [1.54, 1.807) is 6.07 Å². The lowest BCUT2D eigenvalue weighted by Gasteiger charge is -2.17. The molecule has 1 aromatic rings. The zero-order chi connectivity index (χ0) is 12.6. The zero-order valence-electron chi connectivity index (χ0n) is 9.67. The number of carbonyl (C=O) groups excluding carboxylic acids is 1. The van der Waals surface area contributed by atoms with Gasteiger partial charge in [0.15, 0.2) is 0 Å². The fourth-order valence-corrected chi connectivity index (χ4v) is 2.43. The summed E-state index contributed by atoms with van der Waals surface area (Å²) in [5, 5.41) is 2.07. The maximum Gasteiger partial charge on any atom is 0.254 e. The molecule has 2 rings (SSSR count). The summed E-state index contributed by atoms with van der Waals surface area (Å²) in [4.78, 5) is 17.4. The van der Waals surface area contributed by atoms with E-state index in [-0.39, 0.29) is 5.91 Å². The Kier molecular flexibility index (Phi) is 3.48. The Balaban J connectivity index is 2.15. The van der Waals surface area contributed by atoms with Crippen molar-refractivity contribution in [1.82, 2.24) is 5.06 Å². The molecule has 0 bridgehead atoms. The van der Waals surface area contributed by atoms with E-state index < -0.39 is 5.41 Å². The van der Waals surface area contributed by atoms with Crippen molar-refractivity contribution in [3.63, 3.8) is 0 Å². The van der Waals surface area contributed by atoms with Crippen LogP contribution in [0.15, 0.2) is 22.7 Å². The van der Waals surface area contributed by atoms with Gasteiger partial charge >= 0.3 is 0 Å². The molecule has 1 aliphatic heterocycles. The van der Waals surface area contributed by atoms with Crippen LogP contribution in [0, 0.1) is 5.41 Å². The summed E-state index contributed by atoms with van der Waals surface area (Å²) in [5.74, 6) is 0.0133. The molecule has 1 saturated heterocycles. The Hall–Kier alpha value is -0.580. The van der Waals surface area contributed by atoms with Gasteiger partial charge in [-0.25, -0.2) is 5.06 Å². The predicted molar refractivity (Wildman–Crippen MR) is 69.4 cm³/mol. The molecule has 1 aliphatic rings. The molecule has 0 atom stereocenters. The number of hydroxylamine groups is 2. The standard InChI is InChI=1S/C12H13BrClNO2/c1-12(2)7-17-15(11(12)16)6-8-3-4-9(14)5-10(8)13/h3-5H,6-7H2,1-2H3. The van der Waals surface area contributed by atoms with E-state index in [1.165, 1.54) is 5.06 Å². The van der Waals surface area contributed by atoms with Gasteiger partial charge in [0, 0.05) is 9.50 Å². The highest BCUT2D eigenvalue weighted by molar-refractivity contribution is 9.10. The molecule has 3 nitrogen and oxygen atoms in total.